The van der Waals surface area contributed by atoms with Gasteiger partial charge in [0.15, 0.2) is 0 Å². The van der Waals surface area contributed by atoms with E-state index in [-0.39, 0.29) is 0 Å². The minimum absolute atomic E-state index is 0.312. The Hall–Kier alpha value is -1.53. The van der Waals surface area contributed by atoms with Gasteiger partial charge in [0.1, 0.15) is 20.8 Å². The minimum Gasteiger partial charge on any atom is -0.495 e. The molecule has 0 aliphatic heterocycles. The zero-order valence-corrected chi connectivity index (χ0v) is 13.6. The number of benzene rings is 1. The number of rotatable bonds is 4. The van der Waals surface area contributed by atoms with Crippen LogP contribution in [0.4, 0.5) is 0 Å². The highest BCUT2D eigenvalue weighted by Gasteiger charge is 2.19. The summed E-state index contributed by atoms with van der Waals surface area (Å²) in [6, 6.07) is 5.36. The van der Waals surface area contributed by atoms with E-state index in [9.17, 15) is 4.79 Å². The molecule has 0 amide bonds. The fourth-order valence-electron chi connectivity index (χ4n) is 1.93. The number of carboxylic acid groups (broad SMARTS) is 1. The van der Waals surface area contributed by atoms with Crippen LogP contribution in [0.1, 0.15) is 15.2 Å². The molecule has 106 valence electrons. The fraction of sp³-hybridized carbons (Fsp3) is 0.214. The molecule has 2 rings (SSSR count). The topological polar surface area (TPSA) is 55.8 Å². The molecule has 0 saturated carbocycles. The van der Waals surface area contributed by atoms with E-state index >= 15 is 0 Å². The van der Waals surface area contributed by atoms with Gasteiger partial charge in [0.05, 0.1) is 14.2 Å². The average Bonchev–Trinajstić information content (AvgIpc) is 2.80. The predicted molar refractivity (Wildman–Crippen MR) is 82.3 cm³/mol. The van der Waals surface area contributed by atoms with Crippen molar-refractivity contribution in [1.29, 1.82) is 0 Å². The van der Waals surface area contributed by atoms with Crippen LogP contribution in [0.5, 0.6) is 11.5 Å². The molecule has 20 heavy (non-hydrogen) atoms. The number of aryl methyl sites for hydroxylation is 1. The fourth-order valence-corrected chi connectivity index (χ4v) is 3.63. The van der Waals surface area contributed by atoms with Crippen molar-refractivity contribution in [1.82, 2.24) is 0 Å². The van der Waals surface area contributed by atoms with Gasteiger partial charge < -0.3 is 14.6 Å². The molecule has 0 unspecified atom stereocenters. The number of hydrogen-bond acceptors (Lipinski definition) is 4. The smallest absolute Gasteiger partial charge is 0.345 e. The minimum atomic E-state index is -0.920. The molecule has 0 aliphatic rings. The Kier molecular flexibility index (Phi) is 4.35. The SMILES string of the molecule is COc1ccc(-c2sc(C(=O)O)cc2C)c(OC)c1Br. The first-order chi connectivity index (χ1) is 9.49. The first-order valence-electron chi connectivity index (χ1n) is 5.74. The highest BCUT2D eigenvalue weighted by molar-refractivity contribution is 9.10. The van der Waals surface area contributed by atoms with Gasteiger partial charge in [-0.3, -0.25) is 0 Å². The number of aromatic carboxylic acids is 1. The van der Waals surface area contributed by atoms with Crippen molar-refractivity contribution in [2.45, 2.75) is 6.92 Å². The lowest BCUT2D eigenvalue weighted by Crippen LogP contribution is -1.92. The number of halogens is 1. The number of carboxylic acids is 1. The van der Waals surface area contributed by atoms with Crippen LogP contribution in [0, 0.1) is 6.92 Å². The van der Waals surface area contributed by atoms with Crippen molar-refractivity contribution in [3.05, 3.63) is 33.1 Å². The van der Waals surface area contributed by atoms with Crippen LogP contribution >= 0.6 is 27.3 Å². The summed E-state index contributed by atoms with van der Waals surface area (Å²) in [5, 5.41) is 9.08. The second kappa shape index (κ2) is 5.85. The maximum atomic E-state index is 11.1. The lowest BCUT2D eigenvalue weighted by atomic mass is 10.1. The summed E-state index contributed by atoms with van der Waals surface area (Å²) in [5.74, 6) is 0.375. The molecule has 0 fully saturated rings. The van der Waals surface area contributed by atoms with Crippen molar-refractivity contribution in [2.75, 3.05) is 14.2 Å². The Morgan fingerprint density at radius 1 is 1.30 bits per heavy atom. The standard InChI is InChI=1S/C14H13BrO4S/c1-7-6-10(14(16)17)20-13(7)8-4-5-9(18-2)11(15)12(8)19-3/h4-6H,1-3H3,(H,16,17). The first-order valence-corrected chi connectivity index (χ1v) is 7.35. The van der Waals surface area contributed by atoms with Gasteiger partial charge in [0.2, 0.25) is 0 Å². The predicted octanol–water partition coefficient (Wildman–Crippen LogP) is 4.20. The van der Waals surface area contributed by atoms with Gasteiger partial charge in [-0.05, 0) is 46.6 Å². The first kappa shape index (κ1) is 14.9. The third kappa shape index (κ3) is 2.53. The van der Waals surface area contributed by atoms with E-state index in [1.54, 1.807) is 20.3 Å². The lowest BCUT2D eigenvalue weighted by Gasteiger charge is -2.13. The molecule has 0 spiro atoms. The molecule has 1 aromatic heterocycles. The van der Waals surface area contributed by atoms with E-state index in [1.807, 2.05) is 19.1 Å². The van der Waals surface area contributed by atoms with E-state index in [2.05, 4.69) is 15.9 Å². The van der Waals surface area contributed by atoms with E-state index in [0.717, 1.165) is 16.0 Å². The molecule has 1 aromatic carbocycles. The van der Waals surface area contributed by atoms with Gasteiger partial charge in [0.25, 0.3) is 0 Å². The maximum Gasteiger partial charge on any atom is 0.345 e. The van der Waals surface area contributed by atoms with Gasteiger partial charge in [-0.15, -0.1) is 11.3 Å². The summed E-state index contributed by atoms with van der Waals surface area (Å²) in [5.41, 5.74) is 1.75. The molecule has 4 nitrogen and oxygen atoms in total. The summed E-state index contributed by atoms with van der Waals surface area (Å²) in [7, 11) is 3.15. The van der Waals surface area contributed by atoms with E-state index < -0.39 is 5.97 Å². The van der Waals surface area contributed by atoms with Crippen LogP contribution in [0.25, 0.3) is 10.4 Å². The molecular weight excluding hydrogens is 344 g/mol. The molecule has 0 radical (unpaired) electrons. The number of thiophene rings is 1. The van der Waals surface area contributed by atoms with Crippen LogP contribution in [-0.4, -0.2) is 25.3 Å². The molecule has 6 heteroatoms. The van der Waals surface area contributed by atoms with Gasteiger partial charge in [0, 0.05) is 10.4 Å². The Balaban J connectivity index is 2.63. The highest BCUT2D eigenvalue weighted by atomic mass is 79.9. The molecule has 0 aliphatic carbocycles. The summed E-state index contributed by atoms with van der Waals surface area (Å²) in [6.45, 7) is 1.88. The van der Waals surface area contributed by atoms with E-state index in [0.29, 0.717) is 20.8 Å². The largest absolute Gasteiger partial charge is 0.495 e. The number of methoxy groups -OCH3 is 2. The van der Waals surface area contributed by atoms with Crippen LogP contribution in [0.3, 0.4) is 0 Å². The summed E-state index contributed by atoms with van der Waals surface area (Å²) in [4.78, 5) is 12.3. The number of ether oxygens (including phenoxy) is 2. The zero-order valence-electron chi connectivity index (χ0n) is 11.2. The summed E-state index contributed by atoms with van der Waals surface area (Å²) >= 11 is 4.68. The summed E-state index contributed by atoms with van der Waals surface area (Å²) < 4.78 is 11.4. The van der Waals surface area contributed by atoms with Crippen LogP contribution in [0.2, 0.25) is 0 Å². The number of hydrogen-bond donors (Lipinski definition) is 1. The Bertz CT molecular complexity index is 663. The van der Waals surface area contributed by atoms with Crippen LogP contribution in [0.15, 0.2) is 22.7 Å². The maximum absolute atomic E-state index is 11.1. The monoisotopic (exact) mass is 356 g/mol. The van der Waals surface area contributed by atoms with Crippen molar-refractivity contribution < 1.29 is 19.4 Å². The highest BCUT2D eigenvalue weighted by Crippen LogP contribution is 2.45. The van der Waals surface area contributed by atoms with Crippen molar-refractivity contribution >= 4 is 33.2 Å². The molecule has 2 aromatic rings. The second-order valence-corrected chi connectivity index (χ2v) is 5.94. The molecule has 0 atom stereocenters. The van der Waals surface area contributed by atoms with E-state index in [4.69, 9.17) is 14.6 Å². The average molecular weight is 357 g/mol. The van der Waals surface area contributed by atoms with Gasteiger partial charge in [-0.1, -0.05) is 0 Å². The molecule has 0 bridgehead atoms. The Labute approximate surface area is 129 Å². The second-order valence-electron chi connectivity index (χ2n) is 4.09. The summed E-state index contributed by atoms with van der Waals surface area (Å²) in [6.07, 6.45) is 0. The van der Waals surface area contributed by atoms with Gasteiger partial charge in [-0.2, -0.15) is 0 Å². The Morgan fingerprint density at radius 2 is 2.00 bits per heavy atom. The molecule has 1 N–H and O–H groups in total. The quantitative estimate of drug-likeness (QED) is 0.891. The zero-order chi connectivity index (χ0) is 14.9. The van der Waals surface area contributed by atoms with Gasteiger partial charge in [-0.25, -0.2) is 4.79 Å². The Morgan fingerprint density at radius 3 is 2.50 bits per heavy atom. The van der Waals surface area contributed by atoms with Crippen molar-refractivity contribution in [3.8, 4) is 21.9 Å². The number of carbonyl (C=O) groups is 1. The molecular formula is C14H13BrO4S. The molecule has 1 heterocycles. The lowest BCUT2D eigenvalue weighted by molar-refractivity contribution is 0.0702. The van der Waals surface area contributed by atoms with E-state index in [1.165, 1.54) is 11.3 Å². The van der Waals surface area contributed by atoms with Crippen LogP contribution in [-0.2, 0) is 0 Å². The normalized spacial score (nSPS) is 10.4. The molecule has 0 saturated heterocycles. The van der Waals surface area contributed by atoms with Gasteiger partial charge >= 0.3 is 5.97 Å². The third-order valence-corrected chi connectivity index (χ3v) is 4.87. The third-order valence-electron chi connectivity index (χ3n) is 2.86. The van der Waals surface area contributed by atoms with Crippen molar-refractivity contribution in [2.24, 2.45) is 0 Å². The van der Waals surface area contributed by atoms with Crippen molar-refractivity contribution in [3.63, 3.8) is 0 Å². The van der Waals surface area contributed by atoms with Crippen LogP contribution < -0.4 is 9.47 Å².